The molecule has 184 valence electrons. The number of hydrogen-bond acceptors (Lipinski definition) is 5. The first-order valence-corrected chi connectivity index (χ1v) is 12.7. The van der Waals surface area contributed by atoms with Crippen LogP contribution in [0.4, 0.5) is 11.4 Å². The van der Waals surface area contributed by atoms with Crippen molar-refractivity contribution >= 4 is 40.9 Å². The molecule has 6 nitrogen and oxygen atoms in total. The van der Waals surface area contributed by atoms with Crippen LogP contribution in [-0.2, 0) is 14.3 Å². The Morgan fingerprint density at radius 2 is 1.27 bits per heavy atom. The minimum Gasteiger partial charge on any atom is -0.455 e. The SMILES string of the molecule is O=C(C[C@H](NC(=O)c1ccccc1)c1ccccc1)OCC(=O)N1c2ccccc2Sc2ccccc21. The van der Waals surface area contributed by atoms with Gasteiger partial charge in [0.15, 0.2) is 6.61 Å². The summed E-state index contributed by atoms with van der Waals surface area (Å²) in [6, 6.07) is 32.7. The molecule has 0 radical (unpaired) electrons. The highest BCUT2D eigenvalue weighted by Gasteiger charge is 2.29. The van der Waals surface area contributed by atoms with E-state index in [1.54, 1.807) is 40.9 Å². The molecule has 1 N–H and O–H groups in total. The fourth-order valence-corrected chi connectivity index (χ4v) is 5.23. The first-order valence-electron chi connectivity index (χ1n) is 11.9. The van der Waals surface area contributed by atoms with Crippen molar-refractivity contribution in [2.75, 3.05) is 11.5 Å². The van der Waals surface area contributed by atoms with Gasteiger partial charge in [0, 0.05) is 15.4 Å². The second-order valence-corrected chi connectivity index (χ2v) is 9.52. The largest absolute Gasteiger partial charge is 0.455 e. The van der Waals surface area contributed by atoms with Gasteiger partial charge >= 0.3 is 5.97 Å². The zero-order valence-electron chi connectivity index (χ0n) is 19.9. The maximum Gasteiger partial charge on any atom is 0.308 e. The molecule has 0 saturated heterocycles. The van der Waals surface area contributed by atoms with Gasteiger partial charge in [-0.3, -0.25) is 19.3 Å². The molecule has 1 aliphatic heterocycles. The van der Waals surface area contributed by atoms with E-state index < -0.39 is 18.6 Å². The number of esters is 1. The lowest BCUT2D eigenvalue weighted by Crippen LogP contribution is -2.34. The number of hydrogen-bond donors (Lipinski definition) is 1. The van der Waals surface area contributed by atoms with E-state index in [1.165, 1.54) is 0 Å². The van der Waals surface area contributed by atoms with Gasteiger partial charge in [-0.1, -0.05) is 84.6 Å². The summed E-state index contributed by atoms with van der Waals surface area (Å²) in [5.41, 5.74) is 2.77. The lowest BCUT2D eigenvalue weighted by atomic mass is 10.0. The van der Waals surface area contributed by atoms with Crippen LogP contribution in [0.5, 0.6) is 0 Å². The molecule has 0 aliphatic carbocycles. The van der Waals surface area contributed by atoms with E-state index in [9.17, 15) is 14.4 Å². The average molecular weight is 509 g/mol. The van der Waals surface area contributed by atoms with Crippen molar-refractivity contribution in [2.24, 2.45) is 0 Å². The molecule has 1 aliphatic rings. The Kier molecular flexibility index (Phi) is 7.33. The summed E-state index contributed by atoms with van der Waals surface area (Å²) in [7, 11) is 0. The zero-order chi connectivity index (χ0) is 25.6. The van der Waals surface area contributed by atoms with Crippen molar-refractivity contribution in [2.45, 2.75) is 22.3 Å². The van der Waals surface area contributed by atoms with Crippen molar-refractivity contribution in [1.82, 2.24) is 5.32 Å². The number of ether oxygens (including phenoxy) is 1. The third kappa shape index (κ3) is 5.57. The number of benzene rings is 4. The average Bonchev–Trinajstić information content (AvgIpc) is 2.95. The molecule has 0 bridgehead atoms. The second kappa shape index (κ2) is 11.1. The van der Waals surface area contributed by atoms with Gasteiger partial charge < -0.3 is 10.1 Å². The normalized spacial score (nSPS) is 12.6. The van der Waals surface area contributed by atoms with Crippen LogP contribution >= 0.6 is 11.8 Å². The van der Waals surface area contributed by atoms with Crippen molar-refractivity contribution < 1.29 is 19.1 Å². The smallest absolute Gasteiger partial charge is 0.308 e. The Balaban J connectivity index is 1.29. The van der Waals surface area contributed by atoms with E-state index in [2.05, 4.69) is 5.32 Å². The van der Waals surface area contributed by atoms with E-state index in [-0.39, 0.29) is 18.2 Å². The van der Waals surface area contributed by atoms with E-state index in [0.29, 0.717) is 5.56 Å². The third-order valence-electron chi connectivity index (χ3n) is 5.95. The first kappa shape index (κ1) is 24.3. The van der Waals surface area contributed by atoms with E-state index in [4.69, 9.17) is 4.74 Å². The predicted molar refractivity (Wildman–Crippen MR) is 143 cm³/mol. The summed E-state index contributed by atoms with van der Waals surface area (Å²) in [5, 5.41) is 2.92. The first-order chi connectivity index (χ1) is 18.1. The summed E-state index contributed by atoms with van der Waals surface area (Å²) >= 11 is 1.60. The topological polar surface area (TPSA) is 75.7 Å². The molecule has 0 unspecified atom stereocenters. The van der Waals surface area contributed by atoms with Crippen molar-refractivity contribution in [3.05, 3.63) is 120 Å². The fraction of sp³-hybridized carbons (Fsp3) is 0.100. The van der Waals surface area contributed by atoms with Gasteiger partial charge in [0.2, 0.25) is 0 Å². The predicted octanol–water partition coefficient (Wildman–Crippen LogP) is 5.92. The quantitative estimate of drug-likeness (QED) is 0.314. The van der Waals surface area contributed by atoms with Crippen LogP contribution in [-0.4, -0.2) is 24.4 Å². The third-order valence-corrected chi connectivity index (χ3v) is 7.08. The lowest BCUT2D eigenvalue weighted by Gasteiger charge is -2.30. The van der Waals surface area contributed by atoms with Gasteiger partial charge in [-0.05, 0) is 42.0 Å². The van der Waals surface area contributed by atoms with Crippen LogP contribution in [0.25, 0.3) is 0 Å². The molecule has 0 fully saturated rings. The molecule has 2 amide bonds. The number of carbonyl (C=O) groups is 3. The number of nitrogens with zero attached hydrogens (tertiary/aromatic N) is 1. The number of anilines is 2. The Hall–Kier alpha value is -4.36. The summed E-state index contributed by atoms with van der Waals surface area (Å²) in [6.45, 7) is -0.416. The maximum atomic E-state index is 13.3. The highest BCUT2D eigenvalue weighted by molar-refractivity contribution is 7.99. The van der Waals surface area contributed by atoms with Crippen LogP contribution in [0.2, 0.25) is 0 Å². The molecular weight excluding hydrogens is 484 g/mol. The highest BCUT2D eigenvalue weighted by atomic mass is 32.2. The molecule has 0 spiro atoms. The number of nitrogens with one attached hydrogen (secondary N) is 1. The fourth-order valence-electron chi connectivity index (χ4n) is 4.17. The van der Waals surface area contributed by atoms with Gasteiger partial charge in [0.25, 0.3) is 11.8 Å². The molecule has 4 aromatic carbocycles. The maximum absolute atomic E-state index is 13.3. The van der Waals surface area contributed by atoms with Crippen molar-refractivity contribution in [3.8, 4) is 0 Å². The number of rotatable bonds is 7. The van der Waals surface area contributed by atoms with Gasteiger partial charge in [0.1, 0.15) is 0 Å². The minimum atomic E-state index is -0.607. The van der Waals surface area contributed by atoms with Crippen LogP contribution in [0.15, 0.2) is 119 Å². The second-order valence-electron chi connectivity index (χ2n) is 8.43. The number of carbonyl (C=O) groups excluding carboxylic acids is 3. The van der Waals surface area contributed by atoms with Crippen molar-refractivity contribution in [3.63, 3.8) is 0 Å². The molecular formula is C30H24N2O4S. The molecule has 4 aromatic rings. The molecule has 7 heteroatoms. The zero-order valence-corrected chi connectivity index (χ0v) is 20.7. The minimum absolute atomic E-state index is 0.112. The summed E-state index contributed by atoms with van der Waals surface area (Å²) < 4.78 is 5.44. The Bertz CT molecular complexity index is 1380. The Morgan fingerprint density at radius 1 is 0.730 bits per heavy atom. The van der Waals surface area contributed by atoms with Crippen LogP contribution in [0, 0.1) is 0 Å². The van der Waals surface area contributed by atoms with Gasteiger partial charge in [-0.15, -0.1) is 0 Å². The van der Waals surface area contributed by atoms with E-state index in [0.717, 1.165) is 26.7 Å². The molecule has 0 saturated carbocycles. The summed E-state index contributed by atoms with van der Waals surface area (Å²) in [6.07, 6.45) is -0.112. The monoisotopic (exact) mass is 508 g/mol. The van der Waals surface area contributed by atoms with Gasteiger partial charge in [0.05, 0.1) is 23.8 Å². The van der Waals surface area contributed by atoms with Gasteiger partial charge in [-0.25, -0.2) is 0 Å². The molecule has 0 aromatic heterocycles. The molecule has 1 atom stereocenters. The molecule has 37 heavy (non-hydrogen) atoms. The van der Waals surface area contributed by atoms with E-state index in [1.807, 2.05) is 84.9 Å². The molecule has 1 heterocycles. The summed E-state index contributed by atoms with van der Waals surface area (Å²) in [4.78, 5) is 42.5. The van der Waals surface area contributed by atoms with Gasteiger partial charge in [-0.2, -0.15) is 0 Å². The lowest BCUT2D eigenvalue weighted by molar-refractivity contribution is -0.148. The Morgan fingerprint density at radius 3 is 1.89 bits per heavy atom. The number of fused-ring (bicyclic) bond motifs is 2. The highest BCUT2D eigenvalue weighted by Crippen LogP contribution is 2.47. The van der Waals surface area contributed by atoms with E-state index >= 15 is 0 Å². The van der Waals surface area contributed by atoms with Crippen LogP contribution in [0.3, 0.4) is 0 Å². The summed E-state index contributed by atoms with van der Waals surface area (Å²) in [5.74, 6) is -1.22. The van der Waals surface area contributed by atoms with Crippen LogP contribution < -0.4 is 10.2 Å². The number of amides is 2. The standard InChI is InChI=1S/C30H24N2O4S/c33-28(32-24-15-7-9-17-26(24)37-27-18-10-8-16-25(27)32)20-36-29(34)19-23(21-11-3-1-4-12-21)31-30(35)22-13-5-2-6-14-22/h1-18,23H,19-20H2,(H,31,35)/t23-/m0/s1. The molecule has 5 rings (SSSR count). The van der Waals surface area contributed by atoms with Crippen molar-refractivity contribution in [1.29, 1.82) is 0 Å². The Labute approximate surface area is 219 Å². The number of para-hydroxylation sites is 2. The van der Waals surface area contributed by atoms with Crippen LogP contribution in [0.1, 0.15) is 28.4 Å².